The maximum absolute atomic E-state index is 15.4. The fraction of sp³-hybridized carbons (Fsp3) is 0.370. The minimum Gasteiger partial charge on any atom is -0.486 e. The van der Waals surface area contributed by atoms with E-state index in [2.05, 4.69) is 9.88 Å². The van der Waals surface area contributed by atoms with Gasteiger partial charge in [0, 0.05) is 36.2 Å². The average Bonchev–Trinajstić information content (AvgIpc) is 2.80. The number of rotatable bonds is 5. The summed E-state index contributed by atoms with van der Waals surface area (Å²) in [5, 5.41) is 0. The highest BCUT2D eigenvalue weighted by molar-refractivity contribution is 5.78. The van der Waals surface area contributed by atoms with Crippen molar-refractivity contribution in [1.82, 2.24) is 9.88 Å². The van der Waals surface area contributed by atoms with Gasteiger partial charge >= 0.3 is 0 Å². The standard InChI is InChI=1S/C27H27FN2O4/c1-17-20(18-6-7-23-24(11-18)34-9-8-33-23)4-3-5-21(17)25-22(28)10-19(26(29-25)31-2)12-30-13-27(14-30)15-32-16-27/h3-7,10-11H,8-9,12-16H2,1-2H3. The Kier molecular flexibility index (Phi) is 5.19. The van der Waals surface area contributed by atoms with Crippen molar-refractivity contribution in [2.24, 2.45) is 5.41 Å². The molecule has 3 aromatic rings. The Hall–Kier alpha value is -3.16. The largest absolute Gasteiger partial charge is 0.486 e. The van der Waals surface area contributed by atoms with Crippen molar-refractivity contribution in [3.63, 3.8) is 0 Å². The van der Waals surface area contributed by atoms with E-state index in [1.54, 1.807) is 13.2 Å². The molecular weight excluding hydrogens is 435 g/mol. The van der Waals surface area contributed by atoms with Gasteiger partial charge in [-0.1, -0.05) is 24.3 Å². The Balaban J connectivity index is 1.31. The summed E-state index contributed by atoms with van der Waals surface area (Å²) in [4.78, 5) is 6.90. The maximum atomic E-state index is 15.4. The Morgan fingerprint density at radius 2 is 1.79 bits per heavy atom. The lowest BCUT2D eigenvalue weighted by atomic mass is 9.78. The summed E-state index contributed by atoms with van der Waals surface area (Å²) < 4.78 is 37.7. The summed E-state index contributed by atoms with van der Waals surface area (Å²) in [6.45, 7) is 7.27. The van der Waals surface area contributed by atoms with E-state index in [9.17, 15) is 0 Å². The molecule has 0 unspecified atom stereocenters. The van der Waals surface area contributed by atoms with E-state index in [0.717, 1.165) is 65.6 Å². The van der Waals surface area contributed by atoms with Gasteiger partial charge in [-0.25, -0.2) is 9.37 Å². The van der Waals surface area contributed by atoms with Gasteiger partial charge in [-0.3, -0.25) is 4.90 Å². The number of fused-ring (bicyclic) bond motifs is 1. The second kappa shape index (κ2) is 8.25. The number of benzene rings is 2. The van der Waals surface area contributed by atoms with Crippen LogP contribution >= 0.6 is 0 Å². The Bertz CT molecular complexity index is 1250. The molecule has 0 bridgehead atoms. The van der Waals surface area contributed by atoms with Crippen LogP contribution in [0.2, 0.25) is 0 Å². The molecule has 2 fully saturated rings. The number of hydrogen-bond donors (Lipinski definition) is 0. The molecule has 0 radical (unpaired) electrons. The fourth-order valence-corrected chi connectivity index (χ4v) is 5.23. The lowest BCUT2D eigenvalue weighted by Crippen LogP contribution is -2.65. The van der Waals surface area contributed by atoms with Crippen molar-refractivity contribution in [2.45, 2.75) is 13.5 Å². The maximum Gasteiger partial charge on any atom is 0.218 e. The molecule has 3 aliphatic heterocycles. The van der Waals surface area contributed by atoms with Gasteiger partial charge in [-0.2, -0.15) is 0 Å². The first kappa shape index (κ1) is 21.4. The van der Waals surface area contributed by atoms with Gasteiger partial charge in [0.2, 0.25) is 5.88 Å². The van der Waals surface area contributed by atoms with Crippen molar-refractivity contribution in [3.8, 4) is 39.8 Å². The predicted octanol–water partition coefficient (Wildman–Crippen LogP) is 4.48. The third kappa shape index (κ3) is 3.60. The summed E-state index contributed by atoms with van der Waals surface area (Å²) in [6, 6.07) is 13.3. The van der Waals surface area contributed by atoms with Crippen molar-refractivity contribution < 1.29 is 23.3 Å². The van der Waals surface area contributed by atoms with E-state index in [-0.39, 0.29) is 5.82 Å². The van der Waals surface area contributed by atoms with Crippen LogP contribution in [0.15, 0.2) is 42.5 Å². The normalized spacial score (nSPS) is 18.3. The molecule has 0 saturated carbocycles. The third-order valence-electron chi connectivity index (χ3n) is 6.98. The zero-order chi connectivity index (χ0) is 23.3. The van der Waals surface area contributed by atoms with Gasteiger partial charge < -0.3 is 18.9 Å². The molecule has 0 amide bonds. The molecule has 2 saturated heterocycles. The SMILES string of the molecule is COc1nc(-c2cccc(-c3ccc4c(c3)OCCO4)c2C)c(F)cc1CN1CC2(COC2)C1. The molecule has 0 N–H and O–H groups in total. The third-order valence-corrected chi connectivity index (χ3v) is 6.98. The average molecular weight is 463 g/mol. The molecule has 1 aromatic heterocycles. The van der Waals surface area contributed by atoms with E-state index >= 15 is 4.39 Å². The highest BCUT2D eigenvalue weighted by atomic mass is 19.1. The van der Waals surface area contributed by atoms with E-state index in [4.69, 9.17) is 18.9 Å². The van der Waals surface area contributed by atoms with Crippen LogP contribution in [0.3, 0.4) is 0 Å². The van der Waals surface area contributed by atoms with E-state index in [1.165, 1.54) is 0 Å². The topological polar surface area (TPSA) is 53.0 Å². The second-order valence-corrected chi connectivity index (χ2v) is 9.46. The van der Waals surface area contributed by atoms with Gasteiger partial charge in [0.1, 0.15) is 24.7 Å². The van der Waals surface area contributed by atoms with Crippen molar-refractivity contribution in [1.29, 1.82) is 0 Å². The zero-order valence-corrected chi connectivity index (χ0v) is 19.4. The minimum absolute atomic E-state index is 0.296. The van der Waals surface area contributed by atoms with Crippen LogP contribution in [0.1, 0.15) is 11.1 Å². The first-order valence-electron chi connectivity index (χ1n) is 11.6. The molecule has 1 spiro atoms. The Morgan fingerprint density at radius 3 is 2.53 bits per heavy atom. The number of likely N-dealkylation sites (tertiary alicyclic amines) is 1. The van der Waals surface area contributed by atoms with E-state index < -0.39 is 0 Å². The van der Waals surface area contributed by atoms with Gasteiger partial charge in [-0.05, 0) is 41.8 Å². The van der Waals surface area contributed by atoms with Crippen LogP contribution in [0.25, 0.3) is 22.4 Å². The molecule has 7 heteroatoms. The molecule has 4 heterocycles. The van der Waals surface area contributed by atoms with Gasteiger partial charge in [0.25, 0.3) is 0 Å². The van der Waals surface area contributed by atoms with Crippen molar-refractivity contribution >= 4 is 0 Å². The zero-order valence-electron chi connectivity index (χ0n) is 19.4. The lowest BCUT2D eigenvalue weighted by molar-refractivity contribution is -0.191. The predicted molar refractivity (Wildman–Crippen MR) is 126 cm³/mol. The van der Waals surface area contributed by atoms with Crippen molar-refractivity contribution in [2.75, 3.05) is 46.6 Å². The second-order valence-electron chi connectivity index (χ2n) is 9.46. The molecule has 6 rings (SSSR count). The van der Waals surface area contributed by atoms with Crippen LogP contribution in [0.5, 0.6) is 17.4 Å². The quantitative estimate of drug-likeness (QED) is 0.558. The van der Waals surface area contributed by atoms with Gasteiger partial charge in [0.15, 0.2) is 11.5 Å². The van der Waals surface area contributed by atoms with Gasteiger partial charge in [-0.15, -0.1) is 0 Å². The summed E-state index contributed by atoms with van der Waals surface area (Å²) in [6.07, 6.45) is 0. The first-order valence-corrected chi connectivity index (χ1v) is 11.6. The molecule has 6 nitrogen and oxygen atoms in total. The van der Waals surface area contributed by atoms with Crippen LogP contribution in [0, 0.1) is 18.2 Å². The number of hydrogen-bond acceptors (Lipinski definition) is 6. The molecule has 2 aromatic carbocycles. The summed E-state index contributed by atoms with van der Waals surface area (Å²) in [5.74, 6) is 1.59. The molecule has 3 aliphatic rings. The molecule has 0 aliphatic carbocycles. The number of pyridine rings is 1. The van der Waals surface area contributed by atoms with Gasteiger partial charge in [0.05, 0.1) is 20.3 Å². The number of ether oxygens (including phenoxy) is 4. The lowest BCUT2D eigenvalue weighted by Gasteiger charge is -2.55. The molecule has 0 atom stereocenters. The molecular formula is C27H27FN2O4. The molecule has 176 valence electrons. The summed E-state index contributed by atoms with van der Waals surface area (Å²) in [7, 11) is 1.59. The van der Waals surface area contributed by atoms with Crippen molar-refractivity contribution in [3.05, 3.63) is 59.4 Å². The van der Waals surface area contributed by atoms with E-state index in [1.807, 2.05) is 43.3 Å². The fourth-order valence-electron chi connectivity index (χ4n) is 5.23. The number of methoxy groups -OCH3 is 1. The van der Waals surface area contributed by atoms with Crippen LogP contribution in [-0.2, 0) is 11.3 Å². The smallest absolute Gasteiger partial charge is 0.218 e. The van der Waals surface area contributed by atoms with Crippen LogP contribution in [0.4, 0.5) is 4.39 Å². The first-order chi connectivity index (χ1) is 16.5. The molecule has 34 heavy (non-hydrogen) atoms. The van der Waals surface area contributed by atoms with Crippen LogP contribution < -0.4 is 14.2 Å². The van der Waals surface area contributed by atoms with E-state index in [0.29, 0.717) is 36.7 Å². The number of halogens is 1. The highest BCUT2D eigenvalue weighted by Gasteiger charge is 2.48. The number of nitrogens with zero attached hydrogens (tertiary/aromatic N) is 2. The summed E-state index contributed by atoms with van der Waals surface area (Å²) >= 11 is 0. The highest BCUT2D eigenvalue weighted by Crippen LogP contribution is 2.40. The monoisotopic (exact) mass is 462 g/mol. The number of aromatic nitrogens is 1. The van der Waals surface area contributed by atoms with Crippen LogP contribution in [-0.4, -0.2) is 56.5 Å². The Labute approximate surface area is 198 Å². The minimum atomic E-state index is -0.347. The summed E-state index contributed by atoms with van der Waals surface area (Å²) in [5.41, 5.74) is 5.03. The Morgan fingerprint density at radius 1 is 1.03 bits per heavy atom.